The van der Waals surface area contributed by atoms with E-state index in [1.807, 2.05) is 0 Å². The van der Waals surface area contributed by atoms with E-state index in [9.17, 15) is 13.2 Å². The standard InChI is InChI=1S/C10H12F3NO/c1-2-8-7(6-14)4-3-5-9(8)15-10(11,12)13/h3-5H,2,6,14H2,1H3. The molecule has 0 bridgehead atoms. The third-order valence-electron chi connectivity index (χ3n) is 2.03. The van der Waals surface area contributed by atoms with Crippen molar-refractivity contribution in [2.24, 2.45) is 5.73 Å². The number of halogens is 3. The Kier molecular flexibility index (Phi) is 3.57. The molecule has 0 fully saturated rings. The smallest absolute Gasteiger partial charge is 0.405 e. The SMILES string of the molecule is CCc1c(CN)cccc1OC(F)(F)F. The van der Waals surface area contributed by atoms with Gasteiger partial charge in [0.2, 0.25) is 0 Å². The summed E-state index contributed by atoms with van der Waals surface area (Å²) in [5.74, 6) is -0.159. The van der Waals surface area contributed by atoms with E-state index in [0.717, 1.165) is 0 Å². The van der Waals surface area contributed by atoms with Crippen LogP contribution >= 0.6 is 0 Å². The first-order valence-corrected chi connectivity index (χ1v) is 4.54. The zero-order valence-corrected chi connectivity index (χ0v) is 8.27. The van der Waals surface area contributed by atoms with Crippen molar-refractivity contribution in [2.45, 2.75) is 26.3 Å². The molecule has 2 N–H and O–H groups in total. The number of hydrogen-bond acceptors (Lipinski definition) is 2. The van der Waals surface area contributed by atoms with Crippen LogP contribution < -0.4 is 10.5 Å². The Balaban J connectivity index is 3.06. The van der Waals surface area contributed by atoms with Crippen molar-refractivity contribution in [1.29, 1.82) is 0 Å². The van der Waals surface area contributed by atoms with Gasteiger partial charge >= 0.3 is 6.36 Å². The molecular weight excluding hydrogens is 207 g/mol. The van der Waals surface area contributed by atoms with E-state index in [0.29, 0.717) is 17.5 Å². The van der Waals surface area contributed by atoms with Gasteiger partial charge in [-0.25, -0.2) is 0 Å². The molecule has 1 aromatic carbocycles. The van der Waals surface area contributed by atoms with E-state index >= 15 is 0 Å². The third-order valence-corrected chi connectivity index (χ3v) is 2.03. The van der Waals surface area contributed by atoms with Gasteiger partial charge in [0, 0.05) is 6.54 Å². The summed E-state index contributed by atoms with van der Waals surface area (Å²) in [4.78, 5) is 0. The van der Waals surface area contributed by atoms with Crippen molar-refractivity contribution in [3.05, 3.63) is 29.3 Å². The molecule has 0 unspecified atom stereocenters. The second kappa shape index (κ2) is 4.53. The first kappa shape index (κ1) is 11.8. The van der Waals surface area contributed by atoms with Gasteiger partial charge in [-0.05, 0) is 23.6 Å². The van der Waals surface area contributed by atoms with Crippen molar-refractivity contribution >= 4 is 0 Å². The Morgan fingerprint density at radius 1 is 1.33 bits per heavy atom. The molecule has 0 saturated heterocycles. The Hall–Kier alpha value is -1.23. The molecule has 0 aromatic heterocycles. The van der Waals surface area contributed by atoms with E-state index < -0.39 is 6.36 Å². The number of hydrogen-bond donors (Lipinski definition) is 1. The molecule has 2 nitrogen and oxygen atoms in total. The van der Waals surface area contributed by atoms with E-state index in [1.54, 1.807) is 13.0 Å². The number of alkyl halides is 3. The predicted molar refractivity (Wildman–Crippen MR) is 50.4 cm³/mol. The summed E-state index contributed by atoms with van der Waals surface area (Å²) in [6, 6.07) is 4.50. The lowest BCUT2D eigenvalue weighted by atomic mass is 10.0. The predicted octanol–water partition coefficient (Wildman–Crippen LogP) is 2.61. The topological polar surface area (TPSA) is 35.2 Å². The summed E-state index contributed by atoms with van der Waals surface area (Å²) >= 11 is 0. The summed E-state index contributed by atoms with van der Waals surface area (Å²) < 4.78 is 40.0. The van der Waals surface area contributed by atoms with Crippen LogP contribution in [0.5, 0.6) is 5.75 Å². The molecule has 0 atom stereocenters. The molecule has 0 aliphatic heterocycles. The Morgan fingerprint density at radius 3 is 2.47 bits per heavy atom. The summed E-state index contributed by atoms with van der Waals surface area (Å²) in [6.07, 6.45) is -4.20. The second-order valence-corrected chi connectivity index (χ2v) is 3.00. The largest absolute Gasteiger partial charge is 0.573 e. The van der Waals surface area contributed by atoms with Gasteiger partial charge in [-0.3, -0.25) is 0 Å². The van der Waals surface area contributed by atoms with Gasteiger partial charge in [-0.2, -0.15) is 0 Å². The van der Waals surface area contributed by atoms with Crippen molar-refractivity contribution in [1.82, 2.24) is 0 Å². The highest BCUT2D eigenvalue weighted by Gasteiger charge is 2.32. The summed E-state index contributed by atoms with van der Waals surface area (Å²) in [7, 11) is 0. The normalized spacial score (nSPS) is 11.5. The number of ether oxygens (including phenoxy) is 1. The number of nitrogens with two attached hydrogens (primary N) is 1. The molecule has 84 valence electrons. The van der Waals surface area contributed by atoms with Gasteiger partial charge in [-0.15, -0.1) is 13.2 Å². The van der Waals surface area contributed by atoms with Crippen LogP contribution in [-0.4, -0.2) is 6.36 Å². The molecule has 0 aliphatic rings. The molecule has 0 heterocycles. The second-order valence-electron chi connectivity index (χ2n) is 3.00. The lowest BCUT2D eigenvalue weighted by molar-refractivity contribution is -0.274. The van der Waals surface area contributed by atoms with Crippen LogP contribution in [0.1, 0.15) is 18.1 Å². The molecule has 1 rings (SSSR count). The van der Waals surface area contributed by atoms with E-state index in [1.165, 1.54) is 12.1 Å². The zero-order chi connectivity index (χ0) is 11.5. The minimum absolute atomic E-state index is 0.159. The molecule has 0 radical (unpaired) electrons. The van der Waals surface area contributed by atoms with Crippen molar-refractivity contribution in [3.8, 4) is 5.75 Å². The fourth-order valence-corrected chi connectivity index (χ4v) is 1.42. The molecule has 5 heteroatoms. The van der Waals surface area contributed by atoms with Gasteiger partial charge in [0.15, 0.2) is 0 Å². The highest BCUT2D eigenvalue weighted by atomic mass is 19.4. The minimum atomic E-state index is -4.66. The highest BCUT2D eigenvalue weighted by molar-refractivity contribution is 5.40. The van der Waals surface area contributed by atoms with Gasteiger partial charge in [0.05, 0.1) is 0 Å². The molecule has 0 spiro atoms. The van der Waals surface area contributed by atoms with Gasteiger partial charge in [-0.1, -0.05) is 19.1 Å². The first-order chi connectivity index (χ1) is 6.98. The van der Waals surface area contributed by atoms with Crippen LogP contribution in [0.15, 0.2) is 18.2 Å². The van der Waals surface area contributed by atoms with Crippen LogP contribution in [-0.2, 0) is 13.0 Å². The monoisotopic (exact) mass is 219 g/mol. The van der Waals surface area contributed by atoms with Crippen LogP contribution in [0, 0.1) is 0 Å². The summed E-state index contributed by atoms with van der Waals surface area (Å²) in [5, 5.41) is 0. The van der Waals surface area contributed by atoms with Crippen molar-refractivity contribution < 1.29 is 17.9 Å². The zero-order valence-electron chi connectivity index (χ0n) is 8.27. The average Bonchev–Trinajstić information content (AvgIpc) is 2.15. The Bertz CT molecular complexity index is 336. The van der Waals surface area contributed by atoms with Crippen LogP contribution in [0.25, 0.3) is 0 Å². The van der Waals surface area contributed by atoms with Gasteiger partial charge < -0.3 is 10.5 Å². The fourth-order valence-electron chi connectivity index (χ4n) is 1.42. The quantitative estimate of drug-likeness (QED) is 0.848. The third kappa shape index (κ3) is 3.13. The highest BCUT2D eigenvalue weighted by Crippen LogP contribution is 2.28. The van der Waals surface area contributed by atoms with Gasteiger partial charge in [0.1, 0.15) is 5.75 Å². The maximum absolute atomic E-state index is 12.0. The molecule has 0 amide bonds. The van der Waals surface area contributed by atoms with Crippen molar-refractivity contribution in [2.75, 3.05) is 0 Å². The lowest BCUT2D eigenvalue weighted by Crippen LogP contribution is -2.18. The van der Waals surface area contributed by atoms with E-state index in [-0.39, 0.29) is 12.3 Å². The lowest BCUT2D eigenvalue weighted by Gasteiger charge is -2.14. The summed E-state index contributed by atoms with van der Waals surface area (Å²) in [6.45, 7) is 1.97. The first-order valence-electron chi connectivity index (χ1n) is 4.54. The van der Waals surface area contributed by atoms with Gasteiger partial charge in [0.25, 0.3) is 0 Å². The molecule has 1 aromatic rings. The van der Waals surface area contributed by atoms with E-state index in [4.69, 9.17) is 5.73 Å². The van der Waals surface area contributed by atoms with Crippen molar-refractivity contribution in [3.63, 3.8) is 0 Å². The average molecular weight is 219 g/mol. The van der Waals surface area contributed by atoms with Crippen LogP contribution in [0.3, 0.4) is 0 Å². The Morgan fingerprint density at radius 2 is 2.00 bits per heavy atom. The molecule has 0 aliphatic carbocycles. The number of benzene rings is 1. The number of rotatable bonds is 3. The molecular formula is C10H12F3NO. The molecule has 15 heavy (non-hydrogen) atoms. The van der Waals surface area contributed by atoms with Crippen LogP contribution in [0.4, 0.5) is 13.2 Å². The van der Waals surface area contributed by atoms with E-state index in [2.05, 4.69) is 4.74 Å². The minimum Gasteiger partial charge on any atom is -0.405 e. The summed E-state index contributed by atoms with van der Waals surface area (Å²) in [5.41, 5.74) is 6.61. The Labute approximate surface area is 85.8 Å². The molecule has 0 saturated carbocycles. The maximum atomic E-state index is 12.0. The fraction of sp³-hybridized carbons (Fsp3) is 0.400. The van der Waals surface area contributed by atoms with Crippen LogP contribution in [0.2, 0.25) is 0 Å². The maximum Gasteiger partial charge on any atom is 0.573 e.